The molecule has 0 spiro atoms. The molecule has 0 saturated heterocycles. The third-order valence-corrected chi connectivity index (χ3v) is 3.87. The van der Waals surface area contributed by atoms with E-state index in [1.54, 1.807) is 12.1 Å². The van der Waals surface area contributed by atoms with Gasteiger partial charge in [-0.05, 0) is 17.7 Å². The first-order valence-electron chi connectivity index (χ1n) is 7.02. The number of rotatable bonds is 7. The summed E-state index contributed by atoms with van der Waals surface area (Å²) in [6, 6.07) is 7.47. The third-order valence-electron chi connectivity index (χ3n) is 3.00. The molecule has 8 nitrogen and oxygen atoms in total. The maximum atomic E-state index is 11.8. The quantitative estimate of drug-likeness (QED) is 0.430. The van der Waals surface area contributed by atoms with E-state index in [1.165, 1.54) is 30.0 Å². The SMILES string of the molecule is Nc1cc(=O)[nH]c(SCCC(=O)NCc2ccc(C(=O)O)cc2)n1. The van der Waals surface area contributed by atoms with Crippen molar-refractivity contribution in [2.45, 2.75) is 18.1 Å². The Hall–Kier alpha value is -2.81. The first-order chi connectivity index (χ1) is 11.4. The summed E-state index contributed by atoms with van der Waals surface area (Å²) in [4.78, 5) is 40.2. The van der Waals surface area contributed by atoms with Crippen LogP contribution in [0.5, 0.6) is 0 Å². The number of hydrogen-bond acceptors (Lipinski definition) is 6. The van der Waals surface area contributed by atoms with Crippen molar-refractivity contribution < 1.29 is 14.7 Å². The Balaban J connectivity index is 1.75. The first-order valence-corrected chi connectivity index (χ1v) is 8.01. The highest BCUT2D eigenvalue weighted by atomic mass is 32.2. The van der Waals surface area contributed by atoms with Crippen LogP contribution in [0.1, 0.15) is 22.3 Å². The van der Waals surface area contributed by atoms with Crippen LogP contribution in [0.2, 0.25) is 0 Å². The number of anilines is 1. The summed E-state index contributed by atoms with van der Waals surface area (Å²) in [5.74, 6) is -0.571. The average molecular weight is 348 g/mol. The van der Waals surface area contributed by atoms with Gasteiger partial charge in [0.1, 0.15) is 5.82 Å². The molecule has 0 aliphatic carbocycles. The minimum Gasteiger partial charge on any atom is -0.478 e. The Bertz CT molecular complexity index is 789. The second kappa shape index (κ2) is 8.16. The number of nitrogens with zero attached hydrogens (tertiary/aromatic N) is 1. The molecule has 1 aromatic carbocycles. The molecule has 0 radical (unpaired) electrons. The summed E-state index contributed by atoms with van der Waals surface area (Å²) in [5, 5.41) is 11.9. The minimum absolute atomic E-state index is 0.135. The van der Waals surface area contributed by atoms with Crippen molar-refractivity contribution >= 4 is 29.5 Å². The van der Waals surface area contributed by atoms with Crippen LogP contribution in [0.15, 0.2) is 40.3 Å². The van der Waals surface area contributed by atoms with E-state index in [1.807, 2.05) is 0 Å². The lowest BCUT2D eigenvalue weighted by Gasteiger charge is -2.06. The van der Waals surface area contributed by atoms with Gasteiger partial charge in [0.2, 0.25) is 5.91 Å². The predicted molar refractivity (Wildman–Crippen MR) is 89.9 cm³/mol. The molecule has 1 aromatic heterocycles. The maximum Gasteiger partial charge on any atom is 0.335 e. The second-order valence-corrected chi connectivity index (χ2v) is 5.94. The second-order valence-electron chi connectivity index (χ2n) is 4.85. The van der Waals surface area contributed by atoms with Gasteiger partial charge >= 0.3 is 5.97 Å². The zero-order valence-corrected chi connectivity index (χ0v) is 13.4. The van der Waals surface area contributed by atoms with Crippen LogP contribution < -0.4 is 16.6 Å². The molecule has 0 bridgehead atoms. The lowest BCUT2D eigenvalue weighted by atomic mass is 10.1. The number of nitrogens with two attached hydrogens (primary N) is 1. The van der Waals surface area contributed by atoms with Gasteiger partial charge in [-0.2, -0.15) is 0 Å². The molecule has 0 aliphatic rings. The fourth-order valence-electron chi connectivity index (χ4n) is 1.82. The summed E-state index contributed by atoms with van der Waals surface area (Å²) in [6.07, 6.45) is 0.246. The van der Waals surface area contributed by atoms with Crippen LogP contribution in [0.3, 0.4) is 0 Å². The lowest BCUT2D eigenvalue weighted by molar-refractivity contribution is -0.120. The number of carboxylic acids is 1. The number of carboxylic acid groups (broad SMARTS) is 1. The number of H-pyrrole nitrogens is 1. The Morgan fingerprint density at radius 3 is 2.62 bits per heavy atom. The number of aromatic amines is 1. The summed E-state index contributed by atoms with van der Waals surface area (Å²) in [7, 11) is 0. The average Bonchev–Trinajstić information content (AvgIpc) is 2.52. The summed E-state index contributed by atoms with van der Waals surface area (Å²) < 4.78 is 0. The molecule has 0 saturated carbocycles. The minimum atomic E-state index is -0.990. The largest absolute Gasteiger partial charge is 0.478 e. The van der Waals surface area contributed by atoms with Gasteiger partial charge in [-0.25, -0.2) is 9.78 Å². The highest BCUT2D eigenvalue weighted by Gasteiger charge is 2.05. The summed E-state index contributed by atoms with van der Waals surface area (Å²) in [6.45, 7) is 0.316. The molecular weight excluding hydrogens is 332 g/mol. The van der Waals surface area contributed by atoms with Crippen molar-refractivity contribution in [3.05, 3.63) is 51.8 Å². The molecule has 126 valence electrons. The van der Waals surface area contributed by atoms with E-state index in [-0.39, 0.29) is 29.3 Å². The van der Waals surface area contributed by atoms with Crippen molar-refractivity contribution in [2.75, 3.05) is 11.5 Å². The number of benzene rings is 1. The fourth-order valence-corrected chi connectivity index (χ4v) is 2.64. The molecule has 0 atom stereocenters. The summed E-state index contributed by atoms with van der Waals surface area (Å²) >= 11 is 1.23. The van der Waals surface area contributed by atoms with Crippen molar-refractivity contribution in [1.29, 1.82) is 0 Å². The van der Waals surface area contributed by atoms with E-state index in [0.29, 0.717) is 17.5 Å². The first kappa shape index (κ1) is 17.5. The van der Waals surface area contributed by atoms with E-state index in [4.69, 9.17) is 10.8 Å². The zero-order chi connectivity index (χ0) is 17.5. The number of nitrogen functional groups attached to an aromatic ring is 1. The van der Waals surface area contributed by atoms with Crippen LogP contribution in [0.25, 0.3) is 0 Å². The molecule has 0 aliphatic heterocycles. The zero-order valence-electron chi connectivity index (χ0n) is 12.6. The molecular formula is C15H16N4O4S. The number of hydrogen-bond donors (Lipinski definition) is 4. The number of thioether (sulfide) groups is 1. The maximum absolute atomic E-state index is 11.8. The van der Waals surface area contributed by atoms with Gasteiger partial charge in [-0.15, -0.1) is 0 Å². The van der Waals surface area contributed by atoms with Crippen molar-refractivity contribution in [3.8, 4) is 0 Å². The van der Waals surface area contributed by atoms with Gasteiger partial charge in [0, 0.05) is 24.8 Å². The molecule has 2 aromatic rings. The van der Waals surface area contributed by atoms with Crippen molar-refractivity contribution in [1.82, 2.24) is 15.3 Å². The highest BCUT2D eigenvalue weighted by molar-refractivity contribution is 7.99. The molecule has 5 N–H and O–H groups in total. The lowest BCUT2D eigenvalue weighted by Crippen LogP contribution is -2.23. The van der Waals surface area contributed by atoms with E-state index < -0.39 is 5.97 Å². The Morgan fingerprint density at radius 2 is 2.00 bits per heavy atom. The standard InChI is InChI=1S/C15H16N4O4S/c16-11-7-13(21)19-15(18-11)24-6-5-12(20)17-8-9-1-3-10(4-2-9)14(22)23/h1-4,7H,5-6,8H2,(H,17,20)(H,22,23)(H3,16,18,19,21). The van der Waals surface area contributed by atoms with Crippen LogP contribution >= 0.6 is 11.8 Å². The van der Waals surface area contributed by atoms with Crippen LogP contribution in [0.4, 0.5) is 5.82 Å². The third kappa shape index (κ3) is 5.43. The van der Waals surface area contributed by atoms with Crippen molar-refractivity contribution in [3.63, 3.8) is 0 Å². The molecule has 1 amide bonds. The topological polar surface area (TPSA) is 138 Å². The highest BCUT2D eigenvalue weighted by Crippen LogP contribution is 2.13. The Kier molecular flexibility index (Phi) is 5.96. The van der Waals surface area contributed by atoms with Gasteiger partial charge in [-0.3, -0.25) is 9.59 Å². The van der Waals surface area contributed by atoms with Crippen LogP contribution in [-0.2, 0) is 11.3 Å². The number of aromatic nitrogens is 2. The fraction of sp³-hybridized carbons (Fsp3) is 0.200. The van der Waals surface area contributed by atoms with Crippen LogP contribution in [0, 0.1) is 0 Å². The number of carbonyl (C=O) groups excluding carboxylic acids is 1. The normalized spacial score (nSPS) is 10.3. The smallest absolute Gasteiger partial charge is 0.335 e. The molecule has 2 rings (SSSR count). The van der Waals surface area contributed by atoms with Gasteiger partial charge in [0.15, 0.2) is 5.16 Å². The Morgan fingerprint density at radius 1 is 1.29 bits per heavy atom. The van der Waals surface area contributed by atoms with E-state index in [0.717, 1.165) is 5.56 Å². The summed E-state index contributed by atoms with van der Waals surface area (Å²) in [5.41, 5.74) is 6.15. The van der Waals surface area contributed by atoms with Gasteiger partial charge in [0.05, 0.1) is 5.56 Å². The van der Waals surface area contributed by atoms with E-state index in [9.17, 15) is 14.4 Å². The van der Waals surface area contributed by atoms with E-state index >= 15 is 0 Å². The number of aromatic carboxylic acids is 1. The Labute approximate surface area is 141 Å². The molecule has 24 heavy (non-hydrogen) atoms. The molecule has 0 unspecified atom stereocenters. The van der Waals surface area contributed by atoms with Gasteiger partial charge < -0.3 is 21.1 Å². The number of amides is 1. The molecule has 1 heterocycles. The monoisotopic (exact) mass is 348 g/mol. The predicted octanol–water partition coefficient (Wildman–Crippen LogP) is 0.849. The van der Waals surface area contributed by atoms with Crippen LogP contribution in [-0.4, -0.2) is 32.7 Å². The van der Waals surface area contributed by atoms with E-state index in [2.05, 4.69) is 15.3 Å². The van der Waals surface area contributed by atoms with Gasteiger partial charge in [0.25, 0.3) is 5.56 Å². The number of carbonyl (C=O) groups is 2. The molecule has 0 fully saturated rings. The van der Waals surface area contributed by atoms with Crippen molar-refractivity contribution in [2.24, 2.45) is 0 Å². The molecule has 9 heteroatoms. The van der Waals surface area contributed by atoms with Gasteiger partial charge in [-0.1, -0.05) is 23.9 Å². The number of nitrogens with one attached hydrogen (secondary N) is 2.